The molecule has 3 rings (SSSR count). The van der Waals surface area contributed by atoms with Gasteiger partial charge in [-0.05, 0) is 42.9 Å². The van der Waals surface area contributed by atoms with Crippen molar-refractivity contribution in [2.45, 2.75) is 38.3 Å². The Hall–Kier alpha value is -2.04. The van der Waals surface area contributed by atoms with E-state index in [-0.39, 0.29) is 23.7 Å². The van der Waals surface area contributed by atoms with Crippen LogP contribution in [-0.4, -0.2) is 28.0 Å². The first kappa shape index (κ1) is 13.0. The molecule has 2 aliphatic rings. The Labute approximate surface area is 117 Å². The average molecular weight is 274 g/mol. The normalized spacial score (nSPS) is 29.9. The summed E-state index contributed by atoms with van der Waals surface area (Å²) in [5, 5.41) is 12.2. The molecule has 20 heavy (non-hydrogen) atoms. The first-order valence-corrected chi connectivity index (χ1v) is 6.99. The van der Waals surface area contributed by atoms with Crippen LogP contribution in [0, 0.1) is 5.92 Å². The first-order chi connectivity index (χ1) is 9.56. The number of rotatable bonds is 2. The van der Waals surface area contributed by atoms with Gasteiger partial charge in [0.15, 0.2) is 0 Å². The Morgan fingerprint density at radius 2 is 2.10 bits per heavy atom. The Morgan fingerprint density at radius 1 is 1.30 bits per heavy atom. The molecule has 2 N–H and O–H groups in total. The number of phenols is 1. The van der Waals surface area contributed by atoms with Crippen molar-refractivity contribution >= 4 is 11.9 Å². The molecular formula is C15H18N2O3. The lowest BCUT2D eigenvalue weighted by Crippen LogP contribution is -2.39. The summed E-state index contributed by atoms with van der Waals surface area (Å²) < 4.78 is 0. The minimum atomic E-state index is -0.675. The van der Waals surface area contributed by atoms with E-state index >= 15 is 0 Å². The molecule has 1 heterocycles. The van der Waals surface area contributed by atoms with Crippen molar-refractivity contribution in [2.75, 3.05) is 0 Å². The first-order valence-electron chi connectivity index (χ1n) is 6.99. The average Bonchev–Trinajstić information content (AvgIpc) is 2.93. The maximum atomic E-state index is 12.5. The van der Waals surface area contributed by atoms with E-state index in [2.05, 4.69) is 12.2 Å². The highest BCUT2D eigenvalue weighted by atomic mass is 16.3. The van der Waals surface area contributed by atoms with Crippen LogP contribution in [0.4, 0.5) is 4.79 Å². The number of phenolic OH excluding ortho intramolecular Hbond substituents is 1. The summed E-state index contributed by atoms with van der Waals surface area (Å²) in [5.41, 5.74) is 0.622. The van der Waals surface area contributed by atoms with Crippen LogP contribution in [0.3, 0.4) is 0 Å². The molecule has 3 atom stereocenters. The van der Waals surface area contributed by atoms with Gasteiger partial charge in [0, 0.05) is 6.04 Å². The molecule has 1 saturated carbocycles. The monoisotopic (exact) mass is 274 g/mol. The second kappa shape index (κ2) is 4.81. The van der Waals surface area contributed by atoms with Gasteiger partial charge in [-0.15, -0.1) is 0 Å². The number of carbonyl (C=O) groups is 2. The van der Waals surface area contributed by atoms with Crippen molar-refractivity contribution in [1.82, 2.24) is 10.2 Å². The molecule has 1 aromatic rings. The van der Waals surface area contributed by atoms with Crippen molar-refractivity contribution in [3.63, 3.8) is 0 Å². The maximum absolute atomic E-state index is 12.5. The highest BCUT2D eigenvalue weighted by Gasteiger charge is 2.44. The molecule has 2 fully saturated rings. The Kier molecular flexibility index (Phi) is 3.12. The summed E-state index contributed by atoms with van der Waals surface area (Å²) in [5.74, 6) is 0.442. The fraction of sp³-hybridized carbons (Fsp3) is 0.467. The number of carbonyl (C=O) groups excluding carboxylic acids is 2. The highest BCUT2D eigenvalue weighted by Crippen LogP contribution is 2.33. The zero-order valence-electron chi connectivity index (χ0n) is 11.4. The van der Waals surface area contributed by atoms with Gasteiger partial charge < -0.3 is 10.4 Å². The summed E-state index contributed by atoms with van der Waals surface area (Å²) in [6.45, 7) is 2.14. The van der Waals surface area contributed by atoms with Gasteiger partial charge >= 0.3 is 6.03 Å². The van der Waals surface area contributed by atoms with Crippen LogP contribution < -0.4 is 5.32 Å². The Morgan fingerprint density at radius 3 is 2.75 bits per heavy atom. The number of benzene rings is 1. The van der Waals surface area contributed by atoms with Gasteiger partial charge in [0.05, 0.1) is 0 Å². The van der Waals surface area contributed by atoms with Crippen molar-refractivity contribution in [3.05, 3.63) is 29.8 Å². The highest BCUT2D eigenvalue weighted by molar-refractivity contribution is 6.05. The van der Waals surface area contributed by atoms with Crippen LogP contribution in [-0.2, 0) is 4.79 Å². The minimum Gasteiger partial charge on any atom is -0.508 e. The molecule has 0 bridgehead atoms. The van der Waals surface area contributed by atoms with E-state index in [0.29, 0.717) is 11.5 Å². The third-order valence-corrected chi connectivity index (χ3v) is 4.21. The fourth-order valence-electron chi connectivity index (χ4n) is 3.18. The van der Waals surface area contributed by atoms with Gasteiger partial charge in [0.1, 0.15) is 11.8 Å². The SMILES string of the molecule is C[C@@H]1CC[C@H](N2C(=O)N[C@@H](c3cccc(O)c3)C2=O)C1. The molecule has 0 aromatic heterocycles. The molecule has 3 amide bonds. The summed E-state index contributed by atoms with van der Waals surface area (Å²) in [6, 6.07) is 5.49. The van der Waals surface area contributed by atoms with Crippen LogP contribution in [0.1, 0.15) is 37.8 Å². The van der Waals surface area contributed by atoms with Crippen molar-refractivity contribution in [1.29, 1.82) is 0 Å². The summed E-state index contributed by atoms with van der Waals surface area (Å²) >= 11 is 0. The van der Waals surface area contributed by atoms with Crippen LogP contribution >= 0.6 is 0 Å². The van der Waals surface area contributed by atoms with E-state index in [1.165, 1.54) is 11.0 Å². The molecule has 5 nitrogen and oxygen atoms in total. The van der Waals surface area contributed by atoms with Crippen molar-refractivity contribution < 1.29 is 14.7 Å². The molecule has 1 aliphatic heterocycles. The maximum Gasteiger partial charge on any atom is 0.325 e. The summed E-state index contributed by atoms with van der Waals surface area (Å²) in [7, 11) is 0. The van der Waals surface area contributed by atoms with E-state index in [9.17, 15) is 14.7 Å². The van der Waals surface area contributed by atoms with E-state index in [1.54, 1.807) is 18.2 Å². The van der Waals surface area contributed by atoms with Crippen LogP contribution in [0.15, 0.2) is 24.3 Å². The number of amides is 3. The lowest BCUT2D eigenvalue weighted by molar-refractivity contribution is -0.129. The van der Waals surface area contributed by atoms with Crippen LogP contribution in [0.2, 0.25) is 0 Å². The smallest absolute Gasteiger partial charge is 0.325 e. The molecule has 0 radical (unpaired) electrons. The zero-order chi connectivity index (χ0) is 14.3. The van der Waals surface area contributed by atoms with Gasteiger partial charge in [0.25, 0.3) is 5.91 Å². The predicted molar refractivity (Wildman–Crippen MR) is 73.0 cm³/mol. The Bertz CT molecular complexity index is 558. The molecule has 1 saturated heterocycles. The second-order valence-corrected chi connectivity index (χ2v) is 5.76. The van der Waals surface area contributed by atoms with E-state index < -0.39 is 6.04 Å². The third-order valence-electron chi connectivity index (χ3n) is 4.21. The van der Waals surface area contributed by atoms with Gasteiger partial charge in [-0.25, -0.2) is 4.79 Å². The molecular weight excluding hydrogens is 256 g/mol. The molecule has 0 spiro atoms. The van der Waals surface area contributed by atoms with E-state index in [1.807, 2.05) is 0 Å². The molecule has 106 valence electrons. The lowest BCUT2D eigenvalue weighted by Gasteiger charge is -2.20. The Balaban J connectivity index is 1.83. The van der Waals surface area contributed by atoms with Crippen molar-refractivity contribution in [3.8, 4) is 5.75 Å². The quantitative estimate of drug-likeness (QED) is 0.812. The predicted octanol–water partition coefficient (Wildman–Crippen LogP) is 2.17. The van der Waals surface area contributed by atoms with Gasteiger partial charge in [-0.3, -0.25) is 9.69 Å². The third kappa shape index (κ3) is 2.13. The molecule has 5 heteroatoms. The van der Waals surface area contributed by atoms with Gasteiger partial charge in [-0.2, -0.15) is 0 Å². The van der Waals surface area contributed by atoms with E-state index in [0.717, 1.165) is 19.3 Å². The number of urea groups is 1. The fourth-order valence-corrected chi connectivity index (χ4v) is 3.18. The molecule has 0 unspecified atom stereocenters. The number of hydrogen-bond acceptors (Lipinski definition) is 3. The summed E-state index contributed by atoms with van der Waals surface area (Å²) in [6.07, 6.45) is 2.82. The van der Waals surface area contributed by atoms with E-state index in [4.69, 9.17) is 0 Å². The number of nitrogens with one attached hydrogen (secondary N) is 1. The molecule has 1 aromatic carbocycles. The standard InChI is InChI=1S/C15H18N2O3/c1-9-5-6-11(7-9)17-14(19)13(16-15(17)20)10-3-2-4-12(18)8-10/h2-4,8-9,11,13,18H,5-7H2,1H3,(H,16,20)/t9-,11+,13+/m1/s1. The van der Waals surface area contributed by atoms with Gasteiger partial charge in [-0.1, -0.05) is 19.1 Å². The van der Waals surface area contributed by atoms with Crippen LogP contribution in [0.25, 0.3) is 0 Å². The summed E-state index contributed by atoms with van der Waals surface area (Å²) in [4.78, 5) is 25.9. The van der Waals surface area contributed by atoms with Crippen molar-refractivity contribution in [2.24, 2.45) is 5.92 Å². The minimum absolute atomic E-state index is 0.0137. The topological polar surface area (TPSA) is 69.6 Å². The van der Waals surface area contributed by atoms with Gasteiger partial charge in [0.2, 0.25) is 0 Å². The number of hydrogen-bond donors (Lipinski definition) is 2. The number of aromatic hydroxyl groups is 1. The molecule has 1 aliphatic carbocycles. The lowest BCUT2D eigenvalue weighted by atomic mass is 10.1. The van der Waals surface area contributed by atoms with Crippen LogP contribution in [0.5, 0.6) is 5.75 Å². The second-order valence-electron chi connectivity index (χ2n) is 5.76. The zero-order valence-corrected chi connectivity index (χ0v) is 11.4. The largest absolute Gasteiger partial charge is 0.508 e. The number of nitrogens with zero attached hydrogens (tertiary/aromatic N) is 1. The number of imide groups is 1.